The summed E-state index contributed by atoms with van der Waals surface area (Å²) in [6.45, 7) is 0. The van der Waals surface area contributed by atoms with E-state index in [0.29, 0.717) is 17.3 Å². The molecule has 3 rings (SSSR count). The van der Waals surface area contributed by atoms with Gasteiger partial charge in [-0.1, -0.05) is 22.0 Å². The zero-order valence-corrected chi connectivity index (χ0v) is 13.6. The third kappa shape index (κ3) is 4.05. The Kier molecular flexibility index (Phi) is 4.50. The molecule has 0 amide bonds. The molecule has 23 heavy (non-hydrogen) atoms. The van der Waals surface area contributed by atoms with Crippen LogP contribution in [0.25, 0.3) is 0 Å². The summed E-state index contributed by atoms with van der Waals surface area (Å²) in [6.07, 6.45) is 1.67. The van der Waals surface area contributed by atoms with Crippen LogP contribution in [0.4, 0.5) is 23.1 Å². The Hall–Kier alpha value is -2.91. The molecule has 1 aromatic heterocycles. The van der Waals surface area contributed by atoms with Gasteiger partial charge in [0.15, 0.2) is 0 Å². The van der Waals surface area contributed by atoms with Crippen molar-refractivity contribution in [1.29, 1.82) is 5.26 Å². The van der Waals surface area contributed by atoms with Crippen molar-refractivity contribution >= 4 is 39.1 Å². The molecule has 5 nitrogen and oxygen atoms in total. The van der Waals surface area contributed by atoms with Crippen molar-refractivity contribution in [1.82, 2.24) is 9.97 Å². The van der Waals surface area contributed by atoms with Crippen LogP contribution in [0.15, 0.2) is 65.3 Å². The van der Waals surface area contributed by atoms with Gasteiger partial charge in [0, 0.05) is 22.0 Å². The Morgan fingerprint density at radius 1 is 0.957 bits per heavy atom. The van der Waals surface area contributed by atoms with Crippen molar-refractivity contribution in [2.45, 2.75) is 0 Å². The minimum absolute atomic E-state index is 0.460. The van der Waals surface area contributed by atoms with E-state index in [1.54, 1.807) is 24.4 Å². The maximum Gasteiger partial charge on any atom is 0.229 e. The summed E-state index contributed by atoms with van der Waals surface area (Å²) in [5.74, 6) is 1.14. The molecule has 0 saturated carbocycles. The first-order valence-electron chi connectivity index (χ1n) is 6.86. The van der Waals surface area contributed by atoms with Gasteiger partial charge in [-0.2, -0.15) is 10.2 Å². The number of halogens is 1. The molecule has 0 spiro atoms. The summed E-state index contributed by atoms with van der Waals surface area (Å²) < 4.78 is 1.02. The molecule has 1 heterocycles. The largest absolute Gasteiger partial charge is 0.340 e. The third-order valence-corrected chi connectivity index (χ3v) is 3.55. The molecule has 2 aromatic carbocycles. The number of anilines is 4. The monoisotopic (exact) mass is 365 g/mol. The van der Waals surface area contributed by atoms with Crippen LogP contribution in [-0.4, -0.2) is 9.97 Å². The van der Waals surface area contributed by atoms with E-state index in [0.717, 1.165) is 15.8 Å². The number of aromatic nitrogens is 2. The number of nitrogens with one attached hydrogen (secondary N) is 2. The van der Waals surface area contributed by atoms with Crippen LogP contribution < -0.4 is 10.6 Å². The van der Waals surface area contributed by atoms with E-state index in [9.17, 15) is 0 Å². The fraction of sp³-hybridized carbons (Fsp3) is 0. The van der Waals surface area contributed by atoms with E-state index < -0.39 is 0 Å². The van der Waals surface area contributed by atoms with Crippen LogP contribution in [-0.2, 0) is 0 Å². The van der Waals surface area contributed by atoms with E-state index in [1.165, 1.54) is 0 Å². The van der Waals surface area contributed by atoms with Gasteiger partial charge in [-0.3, -0.25) is 0 Å². The molecule has 2 N–H and O–H groups in total. The van der Waals surface area contributed by atoms with Gasteiger partial charge in [0.2, 0.25) is 5.95 Å². The number of rotatable bonds is 4. The second-order valence-corrected chi connectivity index (χ2v) is 5.63. The van der Waals surface area contributed by atoms with E-state index in [-0.39, 0.29) is 0 Å². The van der Waals surface area contributed by atoms with Crippen LogP contribution in [0.1, 0.15) is 5.56 Å². The van der Waals surface area contributed by atoms with Crippen molar-refractivity contribution < 1.29 is 0 Å². The number of hydrogen-bond acceptors (Lipinski definition) is 5. The lowest BCUT2D eigenvalue weighted by Crippen LogP contribution is -2.00. The highest BCUT2D eigenvalue weighted by atomic mass is 79.9. The molecule has 0 unspecified atom stereocenters. The van der Waals surface area contributed by atoms with Gasteiger partial charge < -0.3 is 10.6 Å². The van der Waals surface area contributed by atoms with Gasteiger partial charge in [0.05, 0.1) is 11.6 Å². The Morgan fingerprint density at radius 3 is 2.57 bits per heavy atom. The highest BCUT2D eigenvalue weighted by molar-refractivity contribution is 9.10. The van der Waals surface area contributed by atoms with Gasteiger partial charge >= 0.3 is 0 Å². The SMILES string of the molecule is N#Cc1cccc(Nc2nccc(Nc3ccc(Br)cc3)n2)c1. The summed E-state index contributed by atoms with van der Waals surface area (Å²) in [6, 6.07) is 18.9. The molecule has 0 bridgehead atoms. The first-order chi connectivity index (χ1) is 11.2. The maximum atomic E-state index is 8.93. The Labute approximate surface area is 142 Å². The van der Waals surface area contributed by atoms with E-state index >= 15 is 0 Å². The molecular weight excluding hydrogens is 354 g/mol. The summed E-state index contributed by atoms with van der Waals surface area (Å²) in [4.78, 5) is 8.61. The van der Waals surface area contributed by atoms with Crippen molar-refractivity contribution in [3.63, 3.8) is 0 Å². The van der Waals surface area contributed by atoms with Gasteiger partial charge in [0.25, 0.3) is 0 Å². The van der Waals surface area contributed by atoms with Crippen LogP contribution in [0.3, 0.4) is 0 Å². The van der Waals surface area contributed by atoms with Crippen molar-refractivity contribution in [3.05, 3.63) is 70.8 Å². The number of nitrogens with zero attached hydrogens (tertiary/aromatic N) is 3. The lowest BCUT2D eigenvalue weighted by Gasteiger charge is -2.08. The van der Waals surface area contributed by atoms with Gasteiger partial charge in [-0.25, -0.2) is 4.98 Å². The van der Waals surface area contributed by atoms with E-state index in [1.807, 2.05) is 36.4 Å². The normalized spacial score (nSPS) is 9.91. The lowest BCUT2D eigenvalue weighted by molar-refractivity contribution is 1.16. The van der Waals surface area contributed by atoms with Gasteiger partial charge in [-0.15, -0.1) is 0 Å². The average Bonchev–Trinajstić information content (AvgIpc) is 2.57. The fourth-order valence-corrected chi connectivity index (χ4v) is 2.23. The predicted octanol–water partition coefficient (Wildman–Crippen LogP) is 4.60. The third-order valence-electron chi connectivity index (χ3n) is 3.02. The molecule has 0 aliphatic rings. The van der Waals surface area contributed by atoms with Gasteiger partial charge in [-0.05, 0) is 48.5 Å². The molecule has 0 aliphatic heterocycles. The second-order valence-electron chi connectivity index (χ2n) is 4.71. The molecule has 112 valence electrons. The van der Waals surface area contributed by atoms with Crippen molar-refractivity contribution in [3.8, 4) is 6.07 Å². The van der Waals surface area contributed by atoms with Crippen molar-refractivity contribution in [2.24, 2.45) is 0 Å². The number of benzene rings is 2. The molecule has 0 aliphatic carbocycles. The number of hydrogen-bond donors (Lipinski definition) is 2. The minimum atomic E-state index is 0.460. The summed E-state index contributed by atoms with van der Waals surface area (Å²) >= 11 is 3.40. The zero-order valence-electron chi connectivity index (χ0n) is 12.0. The standard InChI is InChI=1S/C17H12BrN5/c18-13-4-6-14(7-5-13)21-16-8-9-20-17(23-16)22-15-3-1-2-12(10-15)11-19/h1-10H,(H2,20,21,22,23). The molecular formula is C17H12BrN5. The summed E-state index contributed by atoms with van der Waals surface area (Å²) in [5, 5.41) is 15.2. The van der Waals surface area contributed by atoms with E-state index in [4.69, 9.17) is 5.26 Å². The highest BCUT2D eigenvalue weighted by Gasteiger charge is 2.02. The predicted molar refractivity (Wildman–Crippen MR) is 93.9 cm³/mol. The first kappa shape index (κ1) is 15.0. The summed E-state index contributed by atoms with van der Waals surface area (Å²) in [7, 11) is 0. The van der Waals surface area contributed by atoms with Gasteiger partial charge in [0.1, 0.15) is 5.82 Å². The second kappa shape index (κ2) is 6.90. The summed E-state index contributed by atoms with van der Waals surface area (Å²) in [5.41, 5.74) is 2.29. The van der Waals surface area contributed by atoms with Crippen LogP contribution in [0.5, 0.6) is 0 Å². The topological polar surface area (TPSA) is 73.6 Å². The molecule has 0 radical (unpaired) electrons. The molecule has 0 fully saturated rings. The maximum absolute atomic E-state index is 8.93. The molecule has 0 atom stereocenters. The molecule has 3 aromatic rings. The zero-order chi connectivity index (χ0) is 16.1. The average molecular weight is 366 g/mol. The number of nitriles is 1. The minimum Gasteiger partial charge on any atom is -0.340 e. The quantitative estimate of drug-likeness (QED) is 0.706. The first-order valence-corrected chi connectivity index (χ1v) is 7.65. The fourth-order valence-electron chi connectivity index (χ4n) is 1.97. The molecule has 0 saturated heterocycles. The van der Waals surface area contributed by atoms with Crippen LogP contribution in [0, 0.1) is 11.3 Å². The smallest absolute Gasteiger partial charge is 0.229 e. The Balaban J connectivity index is 1.77. The highest BCUT2D eigenvalue weighted by Crippen LogP contribution is 2.20. The molecule has 6 heteroatoms. The van der Waals surface area contributed by atoms with Crippen LogP contribution in [0.2, 0.25) is 0 Å². The Bertz CT molecular complexity index is 855. The van der Waals surface area contributed by atoms with E-state index in [2.05, 4.69) is 42.6 Å². The van der Waals surface area contributed by atoms with Crippen molar-refractivity contribution in [2.75, 3.05) is 10.6 Å². The lowest BCUT2D eigenvalue weighted by atomic mass is 10.2. The van der Waals surface area contributed by atoms with Crippen LogP contribution >= 0.6 is 15.9 Å². The Morgan fingerprint density at radius 2 is 1.78 bits per heavy atom.